The van der Waals surface area contributed by atoms with Gasteiger partial charge in [0, 0.05) is 0 Å². The van der Waals surface area contributed by atoms with Crippen molar-refractivity contribution in [2.75, 3.05) is 0 Å². The third-order valence-corrected chi connectivity index (χ3v) is 4.98. The highest BCUT2D eigenvalue weighted by Crippen LogP contribution is 2.22. The molecule has 0 spiro atoms. The van der Waals surface area contributed by atoms with Gasteiger partial charge in [0.05, 0.1) is 0 Å². The van der Waals surface area contributed by atoms with Crippen LogP contribution in [-0.4, -0.2) is 22.3 Å². The lowest BCUT2D eigenvalue weighted by Crippen LogP contribution is -2.10. The maximum atomic E-state index is 11.1. The van der Waals surface area contributed by atoms with E-state index in [1.165, 1.54) is 77.0 Å². The number of rotatable bonds is 16. The van der Waals surface area contributed by atoms with Gasteiger partial charge in [0.2, 0.25) is 5.76 Å². The smallest absolute Gasteiger partial charge is 0.377 e. The van der Waals surface area contributed by atoms with Crippen LogP contribution in [0.1, 0.15) is 103 Å². The number of ether oxygens (including phenoxy) is 1. The molecular formula is C22H38O4. The Bertz CT molecular complexity index is 439. The molecule has 1 atom stereocenters. The Morgan fingerprint density at radius 1 is 0.808 bits per heavy atom. The van der Waals surface area contributed by atoms with E-state index in [-0.39, 0.29) is 5.76 Å². The Labute approximate surface area is 159 Å². The third-order valence-electron chi connectivity index (χ3n) is 4.98. The second kappa shape index (κ2) is 14.7. The standard InChI is InChI=1S/C22H38O4/c1-2-3-4-5-6-7-8-9-10-11-12-13-14-15-16-17-18-19-20(23)21(24)22(25)26-19/h15-16,19,23-24H,2-14,17-18H2,1H3/b16-15-/t19-/m1/s1. The molecule has 150 valence electrons. The Hall–Kier alpha value is -1.45. The summed E-state index contributed by atoms with van der Waals surface area (Å²) in [7, 11) is 0. The minimum absolute atomic E-state index is 0.329. The van der Waals surface area contributed by atoms with E-state index < -0.39 is 17.8 Å². The normalized spacial score (nSPS) is 17.4. The van der Waals surface area contributed by atoms with Gasteiger partial charge in [-0.2, -0.15) is 0 Å². The highest BCUT2D eigenvalue weighted by molar-refractivity contribution is 5.88. The second-order valence-corrected chi connectivity index (χ2v) is 7.35. The minimum Gasteiger partial charge on any atom is -0.505 e. The number of carbonyl (C=O) groups is 1. The number of allylic oxidation sites excluding steroid dienone is 2. The van der Waals surface area contributed by atoms with Crippen molar-refractivity contribution >= 4 is 5.97 Å². The first-order chi connectivity index (χ1) is 12.7. The quantitative estimate of drug-likeness (QED) is 0.182. The van der Waals surface area contributed by atoms with Crippen LogP contribution in [0.15, 0.2) is 23.7 Å². The molecule has 1 rings (SSSR count). The van der Waals surface area contributed by atoms with Crippen LogP contribution in [-0.2, 0) is 9.53 Å². The Morgan fingerprint density at radius 2 is 1.31 bits per heavy atom. The van der Waals surface area contributed by atoms with Crippen molar-refractivity contribution < 1.29 is 19.7 Å². The van der Waals surface area contributed by atoms with E-state index in [9.17, 15) is 15.0 Å². The van der Waals surface area contributed by atoms with Crippen LogP contribution in [0.2, 0.25) is 0 Å². The highest BCUT2D eigenvalue weighted by atomic mass is 16.6. The monoisotopic (exact) mass is 366 g/mol. The van der Waals surface area contributed by atoms with Gasteiger partial charge in [-0.1, -0.05) is 89.7 Å². The molecule has 0 unspecified atom stereocenters. The SMILES string of the molecule is CCCCCCCCCCCCCC/C=C\CC[C@H]1OC(=O)C(O)=C1O. The molecule has 1 heterocycles. The summed E-state index contributed by atoms with van der Waals surface area (Å²) < 4.78 is 4.86. The fourth-order valence-electron chi connectivity index (χ4n) is 3.28. The number of aliphatic hydroxyl groups excluding tert-OH is 2. The number of aliphatic hydroxyl groups is 2. The summed E-state index contributed by atoms with van der Waals surface area (Å²) in [6.07, 6.45) is 22.2. The van der Waals surface area contributed by atoms with Crippen LogP contribution in [0.5, 0.6) is 0 Å². The van der Waals surface area contributed by atoms with Gasteiger partial charge in [0.1, 0.15) is 0 Å². The minimum atomic E-state index is -0.826. The van der Waals surface area contributed by atoms with Crippen molar-refractivity contribution in [1.82, 2.24) is 0 Å². The number of cyclic esters (lactones) is 1. The van der Waals surface area contributed by atoms with Crippen LogP contribution in [0.3, 0.4) is 0 Å². The fraction of sp³-hybridized carbons (Fsp3) is 0.773. The van der Waals surface area contributed by atoms with Crippen LogP contribution in [0.25, 0.3) is 0 Å². The molecule has 4 heteroatoms. The molecule has 0 radical (unpaired) electrons. The lowest BCUT2D eigenvalue weighted by molar-refractivity contribution is -0.142. The fourth-order valence-corrected chi connectivity index (χ4v) is 3.28. The van der Waals surface area contributed by atoms with Crippen LogP contribution >= 0.6 is 0 Å². The summed E-state index contributed by atoms with van der Waals surface area (Å²) in [6, 6.07) is 0. The van der Waals surface area contributed by atoms with E-state index >= 15 is 0 Å². The van der Waals surface area contributed by atoms with Crippen molar-refractivity contribution in [2.45, 2.75) is 109 Å². The Morgan fingerprint density at radius 3 is 1.81 bits per heavy atom. The molecule has 0 amide bonds. The average Bonchev–Trinajstić information content (AvgIpc) is 2.88. The highest BCUT2D eigenvalue weighted by Gasteiger charge is 2.33. The molecule has 0 aliphatic carbocycles. The maximum Gasteiger partial charge on any atom is 0.377 e. The predicted octanol–water partition coefficient (Wildman–Crippen LogP) is 6.67. The van der Waals surface area contributed by atoms with Crippen LogP contribution in [0.4, 0.5) is 0 Å². The van der Waals surface area contributed by atoms with Crippen molar-refractivity contribution in [3.05, 3.63) is 23.7 Å². The summed E-state index contributed by atoms with van der Waals surface area (Å²) in [4.78, 5) is 11.1. The van der Waals surface area contributed by atoms with Gasteiger partial charge in [0.25, 0.3) is 0 Å². The van der Waals surface area contributed by atoms with E-state index in [0.29, 0.717) is 6.42 Å². The molecule has 0 fully saturated rings. The lowest BCUT2D eigenvalue weighted by Gasteiger charge is -2.07. The topological polar surface area (TPSA) is 66.8 Å². The van der Waals surface area contributed by atoms with Gasteiger partial charge in [0.15, 0.2) is 11.9 Å². The largest absolute Gasteiger partial charge is 0.505 e. The Kier molecular flexibility index (Phi) is 12.8. The summed E-state index contributed by atoms with van der Waals surface area (Å²) in [5, 5.41) is 18.7. The van der Waals surface area contributed by atoms with E-state index in [0.717, 1.165) is 12.8 Å². The van der Waals surface area contributed by atoms with Crippen LogP contribution < -0.4 is 0 Å². The molecule has 1 aliphatic heterocycles. The number of hydrogen-bond donors (Lipinski definition) is 2. The van der Waals surface area contributed by atoms with E-state index in [4.69, 9.17) is 4.74 Å². The van der Waals surface area contributed by atoms with Gasteiger partial charge in [-0.15, -0.1) is 0 Å². The van der Waals surface area contributed by atoms with E-state index in [1.54, 1.807) is 0 Å². The number of hydrogen-bond acceptors (Lipinski definition) is 4. The zero-order chi connectivity index (χ0) is 19.0. The third kappa shape index (κ3) is 9.88. The van der Waals surface area contributed by atoms with Gasteiger partial charge in [-0.25, -0.2) is 4.79 Å². The molecule has 26 heavy (non-hydrogen) atoms. The molecule has 0 bridgehead atoms. The zero-order valence-electron chi connectivity index (χ0n) is 16.5. The molecule has 1 aliphatic rings. The molecule has 0 aromatic carbocycles. The predicted molar refractivity (Wildman–Crippen MR) is 106 cm³/mol. The summed E-state index contributed by atoms with van der Waals surface area (Å²) in [5.74, 6) is -1.80. The number of unbranched alkanes of at least 4 members (excludes halogenated alkanes) is 12. The van der Waals surface area contributed by atoms with Crippen molar-refractivity contribution in [3.63, 3.8) is 0 Å². The zero-order valence-corrected chi connectivity index (χ0v) is 16.5. The van der Waals surface area contributed by atoms with Crippen molar-refractivity contribution in [1.29, 1.82) is 0 Å². The lowest BCUT2D eigenvalue weighted by atomic mass is 10.0. The van der Waals surface area contributed by atoms with Crippen molar-refractivity contribution in [2.24, 2.45) is 0 Å². The van der Waals surface area contributed by atoms with Gasteiger partial charge >= 0.3 is 5.97 Å². The first-order valence-electron chi connectivity index (χ1n) is 10.6. The molecular weight excluding hydrogens is 328 g/mol. The molecule has 0 aromatic heterocycles. The summed E-state index contributed by atoms with van der Waals surface area (Å²) in [5.41, 5.74) is 0. The number of carbonyl (C=O) groups excluding carboxylic acids is 1. The molecule has 0 saturated carbocycles. The first kappa shape index (κ1) is 22.6. The molecule has 0 aromatic rings. The average molecular weight is 367 g/mol. The van der Waals surface area contributed by atoms with Crippen LogP contribution in [0, 0.1) is 0 Å². The second-order valence-electron chi connectivity index (χ2n) is 7.35. The molecule has 4 nitrogen and oxygen atoms in total. The summed E-state index contributed by atoms with van der Waals surface area (Å²) in [6.45, 7) is 2.26. The van der Waals surface area contributed by atoms with Gasteiger partial charge in [-0.3, -0.25) is 0 Å². The van der Waals surface area contributed by atoms with E-state index in [2.05, 4.69) is 19.1 Å². The van der Waals surface area contributed by atoms with Gasteiger partial charge < -0.3 is 14.9 Å². The Balaban J connectivity index is 1.83. The van der Waals surface area contributed by atoms with E-state index in [1.807, 2.05) is 0 Å². The van der Waals surface area contributed by atoms with Crippen molar-refractivity contribution in [3.8, 4) is 0 Å². The number of esters is 1. The summed E-state index contributed by atoms with van der Waals surface area (Å²) >= 11 is 0. The molecule has 0 saturated heterocycles. The van der Waals surface area contributed by atoms with Gasteiger partial charge in [-0.05, 0) is 25.7 Å². The maximum absolute atomic E-state index is 11.1. The molecule has 2 N–H and O–H groups in total. The first-order valence-corrected chi connectivity index (χ1v) is 10.6.